The monoisotopic (exact) mass is 329 g/mol. The molecule has 1 amide bonds. The predicted molar refractivity (Wildman–Crippen MR) is 94.3 cm³/mol. The van der Waals surface area contributed by atoms with E-state index in [2.05, 4.69) is 36.2 Å². The maximum absolute atomic E-state index is 12.4. The summed E-state index contributed by atoms with van der Waals surface area (Å²) in [7, 11) is 0. The summed E-state index contributed by atoms with van der Waals surface area (Å²) in [6, 6.07) is 8.33. The second-order valence-corrected chi connectivity index (χ2v) is 7.10. The maximum Gasteiger partial charge on any atom is 0.228 e. The van der Waals surface area contributed by atoms with E-state index in [0.29, 0.717) is 12.3 Å². The first kappa shape index (κ1) is 16.1. The number of amides is 1. The zero-order valence-electron chi connectivity index (χ0n) is 13.5. The number of carbonyl (C=O) groups excluding carboxylic acids is 1. The van der Waals surface area contributed by atoms with Gasteiger partial charge in [0.1, 0.15) is 5.01 Å². The van der Waals surface area contributed by atoms with Gasteiger partial charge in [-0.25, -0.2) is 4.98 Å². The first-order valence-electron chi connectivity index (χ1n) is 8.15. The molecule has 1 aromatic heterocycles. The lowest BCUT2D eigenvalue weighted by molar-refractivity contribution is -0.131. The number of piperidine rings is 1. The van der Waals surface area contributed by atoms with Gasteiger partial charge in [0.2, 0.25) is 5.91 Å². The molecule has 1 fully saturated rings. The van der Waals surface area contributed by atoms with E-state index in [4.69, 9.17) is 5.73 Å². The average molecular weight is 329 g/mol. The summed E-state index contributed by atoms with van der Waals surface area (Å²) in [4.78, 5) is 19.0. The highest BCUT2D eigenvalue weighted by Gasteiger charge is 2.22. The molecular weight excluding hydrogens is 306 g/mol. The Hall–Kier alpha value is -1.72. The number of carbonyl (C=O) groups is 1. The van der Waals surface area contributed by atoms with Gasteiger partial charge in [-0.05, 0) is 32.2 Å². The topological polar surface area (TPSA) is 59.2 Å². The van der Waals surface area contributed by atoms with E-state index in [1.54, 1.807) is 11.3 Å². The summed E-state index contributed by atoms with van der Waals surface area (Å²) in [6.07, 6.45) is 2.44. The van der Waals surface area contributed by atoms with E-state index in [-0.39, 0.29) is 5.91 Å². The molecule has 0 atom stereocenters. The van der Waals surface area contributed by atoms with Crippen LogP contribution in [0.25, 0.3) is 10.6 Å². The van der Waals surface area contributed by atoms with Crippen LogP contribution in [0.1, 0.15) is 24.1 Å². The largest absolute Gasteiger partial charge is 0.342 e. The predicted octanol–water partition coefficient (Wildman–Crippen LogP) is 2.86. The molecule has 4 nitrogen and oxygen atoms in total. The van der Waals surface area contributed by atoms with E-state index in [1.165, 1.54) is 5.56 Å². The van der Waals surface area contributed by atoms with E-state index in [0.717, 1.165) is 48.7 Å². The van der Waals surface area contributed by atoms with Gasteiger partial charge in [-0.1, -0.05) is 29.8 Å². The Morgan fingerprint density at radius 1 is 1.30 bits per heavy atom. The summed E-state index contributed by atoms with van der Waals surface area (Å²) in [6.45, 7) is 4.46. The minimum atomic E-state index is 0.182. The fraction of sp³-hybridized carbons (Fsp3) is 0.444. The molecular formula is C18H23N3OS. The molecule has 1 aliphatic heterocycles. The van der Waals surface area contributed by atoms with Gasteiger partial charge in [0, 0.05) is 24.0 Å². The lowest BCUT2D eigenvalue weighted by Gasteiger charge is -2.31. The number of hydrogen-bond acceptors (Lipinski definition) is 4. The van der Waals surface area contributed by atoms with E-state index >= 15 is 0 Å². The fourth-order valence-corrected chi connectivity index (χ4v) is 3.73. The van der Waals surface area contributed by atoms with Crippen LogP contribution >= 0.6 is 11.3 Å². The number of hydrogen-bond donors (Lipinski definition) is 1. The summed E-state index contributed by atoms with van der Waals surface area (Å²) in [5, 5.41) is 2.98. The van der Waals surface area contributed by atoms with Crippen LogP contribution in [0.3, 0.4) is 0 Å². The third-order valence-corrected chi connectivity index (χ3v) is 5.42. The van der Waals surface area contributed by atoms with Crippen LogP contribution in [0, 0.1) is 12.8 Å². The number of nitrogens with two attached hydrogens (primary N) is 1. The van der Waals surface area contributed by atoms with Gasteiger partial charge >= 0.3 is 0 Å². The molecule has 122 valence electrons. The lowest BCUT2D eigenvalue weighted by atomic mass is 9.97. The summed E-state index contributed by atoms with van der Waals surface area (Å²) >= 11 is 1.60. The Kier molecular flexibility index (Phi) is 5.08. The molecule has 1 aromatic carbocycles. The van der Waals surface area contributed by atoms with Crippen molar-refractivity contribution in [2.45, 2.75) is 26.2 Å². The lowest BCUT2D eigenvalue weighted by Crippen LogP contribution is -2.40. The fourth-order valence-electron chi connectivity index (χ4n) is 2.90. The molecule has 23 heavy (non-hydrogen) atoms. The molecule has 0 radical (unpaired) electrons. The van der Waals surface area contributed by atoms with Crippen molar-refractivity contribution >= 4 is 17.2 Å². The third-order valence-electron chi connectivity index (χ3n) is 4.48. The minimum absolute atomic E-state index is 0.182. The molecule has 5 heteroatoms. The number of aromatic nitrogens is 1. The first-order chi connectivity index (χ1) is 11.2. The van der Waals surface area contributed by atoms with Crippen molar-refractivity contribution < 1.29 is 4.79 Å². The van der Waals surface area contributed by atoms with Gasteiger partial charge in [-0.15, -0.1) is 11.3 Å². The van der Waals surface area contributed by atoms with Crippen molar-refractivity contribution in [2.75, 3.05) is 19.6 Å². The Bertz CT molecular complexity index is 657. The Morgan fingerprint density at radius 3 is 2.65 bits per heavy atom. The quantitative estimate of drug-likeness (QED) is 0.938. The molecule has 0 aliphatic carbocycles. The highest BCUT2D eigenvalue weighted by Crippen LogP contribution is 2.25. The van der Waals surface area contributed by atoms with Crippen LogP contribution in [0.2, 0.25) is 0 Å². The number of benzene rings is 1. The summed E-state index contributed by atoms with van der Waals surface area (Å²) < 4.78 is 0. The van der Waals surface area contributed by atoms with Crippen LogP contribution in [0.4, 0.5) is 0 Å². The van der Waals surface area contributed by atoms with Gasteiger partial charge in [-0.2, -0.15) is 0 Å². The van der Waals surface area contributed by atoms with Crippen LogP contribution in [-0.4, -0.2) is 35.4 Å². The molecule has 0 spiro atoms. The first-order valence-corrected chi connectivity index (χ1v) is 9.03. The van der Waals surface area contributed by atoms with Crippen LogP contribution in [0.5, 0.6) is 0 Å². The van der Waals surface area contributed by atoms with Crippen molar-refractivity contribution in [1.82, 2.24) is 9.88 Å². The zero-order chi connectivity index (χ0) is 16.2. The molecule has 2 N–H and O–H groups in total. The van der Waals surface area contributed by atoms with Crippen molar-refractivity contribution in [2.24, 2.45) is 11.7 Å². The molecule has 3 rings (SSSR count). The Labute approximate surface area is 141 Å². The van der Waals surface area contributed by atoms with Gasteiger partial charge in [0.25, 0.3) is 0 Å². The number of aryl methyl sites for hydroxylation is 1. The Balaban J connectivity index is 1.60. The van der Waals surface area contributed by atoms with Crippen molar-refractivity contribution in [3.8, 4) is 10.6 Å². The number of rotatable bonds is 4. The van der Waals surface area contributed by atoms with Crippen LogP contribution in [0.15, 0.2) is 29.6 Å². The van der Waals surface area contributed by atoms with Gasteiger partial charge in [-0.3, -0.25) is 4.79 Å². The molecule has 0 unspecified atom stereocenters. The van der Waals surface area contributed by atoms with Gasteiger partial charge < -0.3 is 10.6 Å². The van der Waals surface area contributed by atoms with Crippen molar-refractivity contribution in [3.05, 3.63) is 40.9 Å². The minimum Gasteiger partial charge on any atom is -0.342 e. The Morgan fingerprint density at radius 2 is 2.00 bits per heavy atom. The van der Waals surface area contributed by atoms with Crippen LogP contribution in [-0.2, 0) is 11.2 Å². The number of likely N-dealkylation sites (tertiary alicyclic amines) is 1. The van der Waals surface area contributed by atoms with E-state index in [9.17, 15) is 4.79 Å². The van der Waals surface area contributed by atoms with Crippen LogP contribution < -0.4 is 5.73 Å². The normalized spacial score (nSPS) is 15.8. The SMILES string of the molecule is Cc1ccc(-c2nc(CC(=O)N3CCC(CN)CC3)cs2)cc1. The van der Waals surface area contributed by atoms with Gasteiger partial charge in [0.15, 0.2) is 0 Å². The summed E-state index contributed by atoms with van der Waals surface area (Å²) in [5.41, 5.74) is 8.93. The second-order valence-electron chi connectivity index (χ2n) is 6.25. The third kappa shape index (κ3) is 3.98. The smallest absolute Gasteiger partial charge is 0.228 e. The number of nitrogens with zero attached hydrogens (tertiary/aromatic N) is 2. The van der Waals surface area contributed by atoms with Crippen molar-refractivity contribution in [3.63, 3.8) is 0 Å². The highest BCUT2D eigenvalue weighted by molar-refractivity contribution is 7.13. The molecule has 2 aromatic rings. The molecule has 1 aliphatic rings. The molecule has 1 saturated heterocycles. The standard InChI is InChI=1S/C18H23N3OS/c1-13-2-4-15(5-3-13)18-20-16(12-23-18)10-17(22)21-8-6-14(11-19)7-9-21/h2-5,12,14H,6-11,19H2,1H3. The number of thiazole rings is 1. The highest BCUT2D eigenvalue weighted by atomic mass is 32.1. The molecule has 0 saturated carbocycles. The van der Waals surface area contributed by atoms with Gasteiger partial charge in [0.05, 0.1) is 12.1 Å². The summed E-state index contributed by atoms with van der Waals surface area (Å²) in [5.74, 6) is 0.757. The zero-order valence-corrected chi connectivity index (χ0v) is 14.3. The van der Waals surface area contributed by atoms with Crippen molar-refractivity contribution in [1.29, 1.82) is 0 Å². The average Bonchev–Trinajstić information content (AvgIpc) is 3.04. The van der Waals surface area contributed by atoms with E-state index in [1.807, 2.05) is 10.3 Å². The second kappa shape index (κ2) is 7.23. The molecule has 2 heterocycles. The maximum atomic E-state index is 12.4. The van der Waals surface area contributed by atoms with E-state index < -0.39 is 0 Å². The molecule has 0 bridgehead atoms.